The number of carboxylic acid groups (broad SMARTS) is 2. The Morgan fingerprint density at radius 1 is 1.13 bits per heavy atom. The van der Waals surface area contributed by atoms with Gasteiger partial charge in [0, 0.05) is 40.5 Å². The predicted molar refractivity (Wildman–Crippen MR) is 144 cm³/mol. The number of aliphatic hydroxyl groups is 1. The highest BCUT2D eigenvalue weighted by Gasteiger charge is 2.23. The van der Waals surface area contributed by atoms with Gasteiger partial charge in [-0.3, -0.25) is 14.3 Å². The standard InChI is InChI=1S/C24H20N6O2S.2CH2O2/c25-8-13-1-2-14-10-29-33-23(14)21(13)20-7-18-19(11-27-24(26)22(18)32-20)15-9-28-30(12-15)16-3-5-17(31)6-4-16;2*2-1-3/h1-2,7,9-12,16-17,31H,3-6H2,(H2,26,27);2*1H,(H,2,3). The number of hydrogen-bond acceptors (Lipinski definition) is 10. The Bertz CT molecular complexity index is 1640. The summed E-state index contributed by atoms with van der Waals surface area (Å²) >= 11 is 1.33. The van der Waals surface area contributed by atoms with Crippen LogP contribution in [0.1, 0.15) is 37.3 Å². The zero-order valence-electron chi connectivity index (χ0n) is 20.5. The van der Waals surface area contributed by atoms with Gasteiger partial charge in [0.25, 0.3) is 12.9 Å². The van der Waals surface area contributed by atoms with Crippen LogP contribution in [0.5, 0.6) is 0 Å². The average molecular weight is 549 g/mol. The normalized spacial score (nSPS) is 16.4. The van der Waals surface area contributed by atoms with Crippen LogP contribution in [0.3, 0.4) is 0 Å². The molecule has 6 rings (SSSR count). The van der Waals surface area contributed by atoms with Gasteiger partial charge in [0.05, 0.1) is 40.2 Å². The first-order valence-electron chi connectivity index (χ1n) is 11.8. The van der Waals surface area contributed by atoms with Gasteiger partial charge in [-0.1, -0.05) is 6.07 Å². The maximum absolute atomic E-state index is 9.80. The van der Waals surface area contributed by atoms with Crippen LogP contribution >= 0.6 is 11.5 Å². The van der Waals surface area contributed by atoms with Gasteiger partial charge in [-0.2, -0.15) is 14.7 Å². The number of pyridine rings is 1. The van der Waals surface area contributed by atoms with Crippen molar-refractivity contribution in [3.63, 3.8) is 0 Å². The number of aliphatic hydroxyl groups excluding tert-OH is 1. The van der Waals surface area contributed by atoms with Crippen LogP contribution in [0.15, 0.2) is 47.4 Å². The minimum atomic E-state index is -0.250. The molecule has 1 aromatic carbocycles. The van der Waals surface area contributed by atoms with Crippen LogP contribution in [0.2, 0.25) is 0 Å². The highest BCUT2D eigenvalue weighted by molar-refractivity contribution is 7.14. The quantitative estimate of drug-likeness (QED) is 0.234. The number of rotatable bonds is 3. The average Bonchev–Trinajstić information content (AvgIpc) is 3.70. The second-order valence-electron chi connectivity index (χ2n) is 8.64. The molecule has 5 N–H and O–H groups in total. The van der Waals surface area contributed by atoms with Gasteiger partial charge >= 0.3 is 0 Å². The summed E-state index contributed by atoms with van der Waals surface area (Å²) < 4.78 is 13.3. The van der Waals surface area contributed by atoms with Crippen LogP contribution in [-0.2, 0) is 9.59 Å². The van der Waals surface area contributed by atoms with E-state index in [4.69, 9.17) is 30.0 Å². The lowest BCUT2D eigenvalue weighted by Gasteiger charge is -2.25. The first-order chi connectivity index (χ1) is 18.9. The molecule has 0 atom stereocenters. The second-order valence-corrected chi connectivity index (χ2v) is 9.44. The van der Waals surface area contributed by atoms with Gasteiger partial charge in [-0.15, -0.1) is 0 Å². The molecule has 0 radical (unpaired) electrons. The van der Waals surface area contributed by atoms with Crippen molar-refractivity contribution in [2.24, 2.45) is 0 Å². The lowest BCUT2D eigenvalue weighted by atomic mass is 9.93. The van der Waals surface area contributed by atoms with Crippen molar-refractivity contribution in [2.75, 3.05) is 5.73 Å². The van der Waals surface area contributed by atoms with E-state index in [2.05, 4.69) is 20.5 Å². The highest BCUT2D eigenvalue weighted by atomic mass is 32.1. The molecule has 1 fully saturated rings. The van der Waals surface area contributed by atoms with E-state index in [0.717, 1.165) is 57.8 Å². The number of hydrogen-bond donors (Lipinski definition) is 4. The van der Waals surface area contributed by atoms with E-state index in [-0.39, 0.29) is 25.1 Å². The van der Waals surface area contributed by atoms with Crippen molar-refractivity contribution >= 4 is 51.4 Å². The largest absolute Gasteiger partial charge is 0.483 e. The third kappa shape index (κ3) is 5.57. The molecule has 39 heavy (non-hydrogen) atoms. The molecule has 0 aliphatic heterocycles. The van der Waals surface area contributed by atoms with Crippen LogP contribution in [0.25, 0.3) is 43.5 Å². The number of aromatic nitrogens is 4. The number of nitrogens with two attached hydrogens (primary N) is 1. The number of nitriles is 1. The molecule has 200 valence electrons. The van der Waals surface area contributed by atoms with Crippen molar-refractivity contribution in [1.82, 2.24) is 19.1 Å². The molecule has 0 spiro atoms. The van der Waals surface area contributed by atoms with Crippen LogP contribution in [0, 0.1) is 11.3 Å². The fourth-order valence-corrected chi connectivity index (χ4v) is 5.47. The first kappa shape index (κ1) is 27.2. The van der Waals surface area contributed by atoms with Gasteiger partial charge in [-0.05, 0) is 49.3 Å². The Balaban J connectivity index is 0.000000541. The van der Waals surface area contributed by atoms with E-state index in [1.165, 1.54) is 11.5 Å². The molecular weight excluding hydrogens is 524 g/mol. The molecule has 1 saturated carbocycles. The number of carbonyl (C=O) groups is 2. The van der Waals surface area contributed by atoms with E-state index in [9.17, 15) is 10.4 Å². The number of benzene rings is 1. The molecule has 0 unspecified atom stereocenters. The van der Waals surface area contributed by atoms with E-state index in [0.29, 0.717) is 22.7 Å². The molecule has 1 aliphatic carbocycles. The SMILES string of the molecule is N#Cc1ccc2cnsc2c1-c1cc2c(-c3cnn(C4CCC(O)CC4)c3)cnc(N)c2o1.O=CO.O=CO. The maximum Gasteiger partial charge on any atom is 0.290 e. The van der Waals surface area contributed by atoms with Crippen molar-refractivity contribution in [2.45, 2.75) is 37.8 Å². The number of furan rings is 1. The predicted octanol–water partition coefficient (Wildman–Crippen LogP) is 4.30. The molecule has 0 amide bonds. The van der Waals surface area contributed by atoms with Crippen LogP contribution < -0.4 is 5.73 Å². The van der Waals surface area contributed by atoms with Crippen molar-refractivity contribution in [3.05, 3.63) is 48.5 Å². The topological polar surface area (TPSA) is 201 Å². The Kier molecular flexibility index (Phi) is 8.50. The number of nitrogen functional groups attached to an aromatic ring is 1. The Morgan fingerprint density at radius 2 is 1.85 bits per heavy atom. The van der Waals surface area contributed by atoms with Gasteiger partial charge in [0.1, 0.15) is 5.76 Å². The van der Waals surface area contributed by atoms with Gasteiger partial charge in [0.2, 0.25) is 0 Å². The van der Waals surface area contributed by atoms with Crippen molar-refractivity contribution in [3.8, 4) is 28.5 Å². The van der Waals surface area contributed by atoms with E-state index in [1.807, 2.05) is 29.2 Å². The Hall–Kier alpha value is -4.80. The molecule has 0 bridgehead atoms. The number of nitrogens with zero attached hydrogens (tertiary/aromatic N) is 5. The third-order valence-corrected chi connectivity index (χ3v) is 7.26. The molecule has 12 nitrogen and oxygen atoms in total. The molecule has 5 aromatic rings. The number of anilines is 1. The van der Waals surface area contributed by atoms with Crippen LogP contribution in [-0.4, -0.2) is 53.5 Å². The Morgan fingerprint density at radius 3 is 2.54 bits per heavy atom. The van der Waals surface area contributed by atoms with Gasteiger partial charge in [0.15, 0.2) is 11.4 Å². The van der Waals surface area contributed by atoms with Gasteiger partial charge < -0.3 is 25.5 Å². The zero-order chi connectivity index (χ0) is 27.9. The molecule has 13 heteroatoms. The van der Waals surface area contributed by atoms with Gasteiger partial charge in [-0.25, -0.2) is 4.98 Å². The zero-order valence-corrected chi connectivity index (χ0v) is 21.3. The second kappa shape index (κ2) is 12.2. The molecule has 4 aromatic heterocycles. The molecule has 1 aliphatic rings. The minimum absolute atomic E-state index is 0.206. The summed E-state index contributed by atoms with van der Waals surface area (Å²) in [6.07, 6.45) is 10.6. The smallest absolute Gasteiger partial charge is 0.290 e. The van der Waals surface area contributed by atoms with E-state index < -0.39 is 0 Å². The number of fused-ring (bicyclic) bond motifs is 2. The van der Waals surface area contributed by atoms with Crippen LogP contribution in [0.4, 0.5) is 5.82 Å². The molecule has 4 heterocycles. The molecule has 0 saturated heterocycles. The van der Waals surface area contributed by atoms with Crippen molar-refractivity contribution in [1.29, 1.82) is 5.26 Å². The summed E-state index contributed by atoms with van der Waals surface area (Å²) in [6, 6.07) is 8.14. The third-order valence-electron chi connectivity index (χ3n) is 6.43. The fraction of sp³-hybridized carbons (Fsp3) is 0.231. The maximum atomic E-state index is 9.80. The monoisotopic (exact) mass is 548 g/mol. The summed E-state index contributed by atoms with van der Waals surface area (Å²) in [4.78, 5) is 21.1. The van der Waals surface area contributed by atoms with Crippen molar-refractivity contribution < 1.29 is 29.3 Å². The summed E-state index contributed by atoms with van der Waals surface area (Å²) in [6.45, 7) is -0.500. The lowest BCUT2D eigenvalue weighted by molar-refractivity contribution is -0.123. The first-order valence-corrected chi connectivity index (χ1v) is 12.6. The fourth-order valence-electron chi connectivity index (χ4n) is 4.67. The molecular formula is C26H24N6O6S. The van der Waals surface area contributed by atoms with E-state index >= 15 is 0 Å². The van der Waals surface area contributed by atoms with E-state index in [1.54, 1.807) is 18.5 Å². The summed E-state index contributed by atoms with van der Waals surface area (Å²) in [7, 11) is 0. The summed E-state index contributed by atoms with van der Waals surface area (Å²) in [5.74, 6) is 0.856. The Labute approximate surface area is 225 Å². The highest BCUT2D eigenvalue weighted by Crippen LogP contribution is 2.41. The minimum Gasteiger partial charge on any atom is -0.483 e. The summed E-state index contributed by atoms with van der Waals surface area (Å²) in [5.41, 5.74) is 9.68. The lowest BCUT2D eigenvalue weighted by Crippen LogP contribution is -2.21. The summed E-state index contributed by atoms with van der Waals surface area (Å²) in [5, 5.41) is 39.7.